The largest absolute Gasteiger partial charge is 0.491 e. The quantitative estimate of drug-likeness (QED) is 0.886. The highest BCUT2D eigenvalue weighted by Crippen LogP contribution is 2.20. The number of nitrogens with one attached hydrogen (secondary N) is 1. The summed E-state index contributed by atoms with van der Waals surface area (Å²) >= 11 is 0. The first-order valence-electron chi connectivity index (χ1n) is 7.29. The Bertz CT molecular complexity index is 647. The van der Waals surface area contributed by atoms with Crippen molar-refractivity contribution in [2.75, 3.05) is 5.32 Å². The number of hydrogen-bond acceptors (Lipinski definition) is 3. The summed E-state index contributed by atoms with van der Waals surface area (Å²) in [7, 11) is 0. The van der Waals surface area contributed by atoms with Gasteiger partial charge in [0.1, 0.15) is 5.75 Å². The lowest BCUT2D eigenvalue weighted by Crippen LogP contribution is -2.18. The minimum absolute atomic E-state index is 0.0200. The molecule has 0 saturated carbocycles. The standard InChI is InChI=1S/C17H22N2O2/c1-4-19-12-15(9-10-17(19)20)18-11-14-7-5-6-8-16(14)21-13(2)3/h5-10,12-13,18H,4,11H2,1-3H3. The van der Waals surface area contributed by atoms with Crippen LogP contribution in [-0.2, 0) is 13.1 Å². The Morgan fingerprint density at radius 3 is 2.67 bits per heavy atom. The minimum Gasteiger partial charge on any atom is -0.491 e. The van der Waals surface area contributed by atoms with Crippen molar-refractivity contribution < 1.29 is 4.74 Å². The van der Waals surface area contributed by atoms with E-state index >= 15 is 0 Å². The van der Waals surface area contributed by atoms with Gasteiger partial charge in [-0.3, -0.25) is 4.79 Å². The summed E-state index contributed by atoms with van der Waals surface area (Å²) in [6.45, 7) is 7.31. The summed E-state index contributed by atoms with van der Waals surface area (Å²) in [5.74, 6) is 0.892. The number of pyridine rings is 1. The molecule has 2 rings (SSSR count). The Kier molecular flexibility index (Phi) is 5.04. The summed E-state index contributed by atoms with van der Waals surface area (Å²) in [5, 5.41) is 3.34. The lowest BCUT2D eigenvalue weighted by atomic mass is 10.2. The van der Waals surface area contributed by atoms with Crippen LogP contribution < -0.4 is 15.6 Å². The number of aryl methyl sites for hydroxylation is 1. The summed E-state index contributed by atoms with van der Waals surface area (Å²) < 4.78 is 7.48. The fraction of sp³-hybridized carbons (Fsp3) is 0.353. The van der Waals surface area contributed by atoms with Gasteiger partial charge in [0.2, 0.25) is 0 Å². The molecule has 0 spiro atoms. The first-order chi connectivity index (χ1) is 10.1. The Hall–Kier alpha value is -2.23. The van der Waals surface area contributed by atoms with Gasteiger partial charge in [0, 0.05) is 30.9 Å². The van der Waals surface area contributed by atoms with Gasteiger partial charge in [-0.05, 0) is 32.9 Å². The second-order valence-electron chi connectivity index (χ2n) is 5.17. The average molecular weight is 286 g/mol. The van der Waals surface area contributed by atoms with Crippen molar-refractivity contribution in [3.63, 3.8) is 0 Å². The third-order valence-electron chi connectivity index (χ3n) is 3.14. The number of para-hydroxylation sites is 1. The van der Waals surface area contributed by atoms with Crippen LogP contribution in [0, 0.1) is 0 Å². The number of aromatic nitrogens is 1. The van der Waals surface area contributed by atoms with Gasteiger partial charge in [0.05, 0.1) is 11.8 Å². The van der Waals surface area contributed by atoms with Crippen molar-refractivity contribution in [2.45, 2.75) is 40.0 Å². The molecule has 4 heteroatoms. The zero-order valence-corrected chi connectivity index (χ0v) is 12.8. The Labute approximate surface area is 125 Å². The molecule has 4 nitrogen and oxygen atoms in total. The maximum absolute atomic E-state index is 11.6. The van der Waals surface area contributed by atoms with Crippen LogP contribution >= 0.6 is 0 Å². The predicted octanol–water partition coefficient (Wildman–Crippen LogP) is 3.27. The summed E-state index contributed by atoms with van der Waals surface area (Å²) in [5.41, 5.74) is 2.04. The molecule has 1 heterocycles. The topological polar surface area (TPSA) is 43.3 Å². The molecule has 0 saturated heterocycles. The second kappa shape index (κ2) is 6.97. The molecule has 112 valence electrons. The number of hydrogen-bond donors (Lipinski definition) is 1. The molecular weight excluding hydrogens is 264 g/mol. The van der Waals surface area contributed by atoms with Gasteiger partial charge in [-0.15, -0.1) is 0 Å². The summed E-state index contributed by atoms with van der Waals surface area (Å²) in [4.78, 5) is 11.6. The monoisotopic (exact) mass is 286 g/mol. The van der Waals surface area contributed by atoms with Gasteiger partial charge in [-0.25, -0.2) is 0 Å². The van der Waals surface area contributed by atoms with Crippen LogP contribution in [0.1, 0.15) is 26.3 Å². The van der Waals surface area contributed by atoms with E-state index in [0.29, 0.717) is 13.1 Å². The van der Waals surface area contributed by atoms with E-state index in [-0.39, 0.29) is 11.7 Å². The van der Waals surface area contributed by atoms with Crippen molar-refractivity contribution in [1.82, 2.24) is 4.57 Å². The first-order valence-corrected chi connectivity index (χ1v) is 7.29. The van der Waals surface area contributed by atoms with Crippen molar-refractivity contribution in [2.24, 2.45) is 0 Å². The van der Waals surface area contributed by atoms with Gasteiger partial charge in [-0.1, -0.05) is 18.2 Å². The third kappa shape index (κ3) is 4.12. The van der Waals surface area contributed by atoms with E-state index in [9.17, 15) is 4.79 Å². The normalized spacial score (nSPS) is 10.7. The van der Waals surface area contributed by atoms with E-state index < -0.39 is 0 Å². The lowest BCUT2D eigenvalue weighted by Gasteiger charge is -2.15. The van der Waals surface area contributed by atoms with Crippen molar-refractivity contribution in [3.8, 4) is 5.75 Å². The highest BCUT2D eigenvalue weighted by molar-refractivity contribution is 5.43. The maximum Gasteiger partial charge on any atom is 0.250 e. The summed E-state index contributed by atoms with van der Waals surface area (Å²) in [6.07, 6.45) is 1.99. The lowest BCUT2D eigenvalue weighted by molar-refractivity contribution is 0.240. The maximum atomic E-state index is 11.6. The average Bonchev–Trinajstić information content (AvgIpc) is 2.47. The predicted molar refractivity (Wildman–Crippen MR) is 85.9 cm³/mol. The molecule has 0 fully saturated rings. The van der Waals surface area contributed by atoms with Crippen LogP contribution in [0.5, 0.6) is 5.75 Å². The van der Waals surface area contributed by atoms with Crippen LogP contribution in [-0.4, -0.2) is 10.7 Å². The van der Waals surface area contributed by atoms with E-state index in [0.717, 1.165) is 17.0 Å². The molecule has 2 aromatic rings. The molecule has 0 atom stereocenters. The first kappa shape index (κ1) is 15.2. The zero-order valence-electron chi connectivity index (χ0n) is 12.8. The van der Waals surface area contributed by atoms with Gasteiger partial charge in [0.15, 0.2) is 0 Å². The van der Waals surface area contributed by atoms with E-state index in [2.05, 4.69) is 5.32 Å². The highest BCUT2D eigenvalue weighted by atomic mass is 16.5. The van der Waals surface area contributed by atoms with Crippen molar-refractivity contribution in [3.05, 3.63) is 58.5 Å². The number of anilines is 1. The second-order valence-corrected chi connectivity index (χ2v) is 5.17. The smallest absolute Gasteiger partial charge is 0.250 e. The Morgan fingerprint density at radius 1 is 1.19 bits per heavy atom. The van der Waals surface area contributed by atoms with Crippen LogP contribution in [0.15, 0.2) is 47.4 Å². The van der Waals surface area contributed by atoms with Crippen LogP contribution in [0.25, 0.3) is 0 Å². The van der Waals surface area contributed by atoms with E-state index in [1.165, 1.54) is 0 Å². The molecule has 1 aromatic heterocycles. The van der Waals surface area contributed by atoms with Gasteiger partial charge in [0.25, 0.3) is 5.56 Å². The minimum atomic E-state index is 0.0200. The van der Waals surface area contributed by atoms with Crippen molar-refractivity contribution >= 4 is 5.69 Å². The molecule has 0 unspecified atom stereocenters. The molecule has 0 aliphatic rings. The number of rotatable bonds is 6. The van der Waals surface area contributed by atoms with E-state index in [1.807, 2.05) is 51.2 Å². The van der Waals surface area contributed by atoms with Gasteiger partial charge >= 0.3 is 0 Å². The highest BCUT2D eigenvalue weighted by Gasteiger charge is 2.05. The molecule has 1 N–H and O–H groups in total. The van der Waals surface area contributed by atoms with Gasteiger partial charge < -0.3 is 14.6 Å². The SMILES string of the molecule is CCn1cc(NCc2ccccc2OC(C)C)ccc1=O. The molecular formula is C17H22N2O2. The van der Waals surface area contributed by atoms with Crippen LogP contribution in [0.4, 0.5) is 5.69 Å². The van der Waals surface area contributed by atoms with Gasteiger partial charge in [-0.2, -0.15) is 0 Å². The molecule has 0 aliphatic carbocycles. The number of nitrogens with zero attached hydrogens (tertiary/aromatic N) is 1. The van der Waals surface area contributed by atoms with E-state index in [4.69, 9.17) is 4.74 Å². The molecule has 21 heavy (non-hydrogen) atoms. The summed E-state index contributed by atoms with van der Waals surface area (Å²) in [6, 6.07) is 11.4. The molecule has 1 aromatic carbocycles. The van der Waals surface area contributed by atoms with E-state index in [1.54, 1.807) is 16.7 Å². The third-order valence-corrected chi connectivity index (χ3v) is 3.14. The van der Waals surface area contributed by atoms with Crippen LogP contribution in [0.2, 0.25) is 0 Å². The number of ether oxygens (including phenoxy) is 1. The van der Waals surface area contributed by atoms with Crippen molar-refractivity contribution in [1.29, 1.82) is 0 Å². The molecule has 0 bridgehead atoms. The molecule has 0 amide bonds. The number of benzene rings is 1. The fourth-order valence-corrected chi connectivity index (χ4v) is 2.10. The molecule has 0 aliphatic heterocycles. The molecule has 0 radical (unpaired) electrons. The fourth-order valence-electron chi connectivity index (χ4n) is 2.10. The Morgan fingerprint density at radius 2 is 1.95 bits per heavy atom. The zero-order chi connectivity index (χ0) is 15.2. The van der Waals surface area contributed by atoms with Crippen LogP contribution in [0.3, 0.4) is 0 Å². The Balaban J connectivity index is 2.11.